The molecule has 0 fully saturated rings. The third kappa shape index (κ3) is 16.4. The van der Waals surface area contributed by atoms with Gasteiger partial charge in [-0.1, -0.05) is 30.3 Å². The number of nitrogens with two attached hydrogens (primary N) is 1. The van der Waals surface area contributed by atoms with Gasteiger partial charge in [0.25, 0.3) is 0 Å². The first-order valence-corrected chi connectivity index (χ1v) is 14.3. The zero-order valence-corrected chi connectivity index (χ0v) is 27.2. The maximum Gasteiger partial charge on any atom is 0.408 e. The van der Waals surface area contributed by atoms with Gasteiger partial charge in [-0.3, -0.25) is 19.2 Å². The molecular weight excluding hydrogens is 590 g/mol. The monoisotopic (exact) mass is 637 g/mol. The molecule has 0 aliphatic rings. The highest BCUT2D eigenvalue weighted by Crippen LogP contribution is 2.10. The van der Waals surface area contributed by atoms with Crippen LogP contribution in [-0.2, 0) is 49.5 Å². The summed E-state index contributed by atoms with van der Waals surface area (Å²) in [7, 11) is 1.13. The molecule has 0 aliphatic carbocycles. The highest BCUT2D eigenvalue weighted by Gasteiger charge is 2.33. The van der Waals surface area contributed by atoms with Crippen molar-refractivity contribution in [1.29, 1.82) is 0 Å². The Hall–Kier alpha value is -4.24. The molecule has 0 spiro atoms. The lowest BCUT2D eigenvalue weighted by molar-refractivity contribution is -0.145. The number of primary amides is 1. The van der Waals surface area contributed by atoms with E-state index in [1.165, 1.54) is 6.92 Å². The molecule has 0 saturated heterocycles. The number of alkyl carbamates (subject to hydrolysis) is 1. The maximum absolute atomic E-state index is 13.5. The van der Waals surface area contributed by atoms with E-state index in [1.807, 2.05) is 6.07 Å². The van der Waals surface area contributed by atoms with Gasteiger partial charge in [-0.25, -0.2) is 9.59 Å². The van der Waals surface area contributed by atoms with Crippen LogP contribution < -0.4 is 27.0 Å². The molecule has 1 aromatic carbocycles. The Balaban J connectivity index is 3.17. The number of ether oxygens (including phenoxy) is 4. The topological polar surface area (TPSA) is 213 Å². The van der Waals surface area contributed by atoms with Gasteiger partial charge in [0.15, 0.2) is 0 Å². The van der Waals surface area contributed by atoms with Crippen LogP contribution in [0.4, 0.5) is 4.79 Å². The Bertz CT molecular complexity index is 1160. The highest BCUT2D eigenvalue weighted by atomic mass is 16.6. The average Bonchev–Trinajstić information content (AvgIpc) is 2.94. The number of nitrogens with one attached hydrogen (secondary N) is 4. The molecule has 4 atom stereocenters. The molecule has 15 nitrogen and oxygen atoms in total. The smallest absolute Gasteiger partial charge is 0.408 e. The third-order valence-corrected chi connectivity index (χ3v) is 5.77. The van der Waals surface area contributed by atoms with Crippen molar-refractivity contribution in [1.82, 2.24) is 21.3 Å². The summed E-state index contributed by atoms with van der Waals surface area (Å²) in [4.78, 5) is 75.8. The Morgan fingerprint density at radius 1 is 0.733 bits per heavy atom. The number of amides is 5. The lowest BCUT2D eigenvalue weighted by atomic mass is 10.1. The van der Waals surface area contributed by atoms with Gasteiger partial charge in [-0.15, -0.1) is 0 Å². The number of carbonyl (C=O) groups is 6. The standard InChI is InChI=1S/C30H47N5O10/c1-18(27(40)42-8)32-24(37)20(14-23(31)36)33-25(38)21(16-44-29(2,3)4)34-26(39)22(17-45-30(5,6)7)35-28(41)43-15-19-12-10-9-11-13-19/h9-13,18,20-22H,14-17H2,1-8H3,(H2,31,36)(H,32,37)(H,33,38)(H,34,39)(H,35,41)/t18-,20-,21-,22-/m0/s1. The van der Waals surface area contributed by atoms with Gasteiger partial charge < -0.3 is 45.9 Å². The van der Waals surface area contributed by atoms with Crippen molar-refractivity contribution < 1.29 is 47.7 Å². The van der Waals surface area contributed by atoms with Crippen molar-refractivity contribution in [2.45, 2.75) is 96.9 Å². The molecule has 1 aromatic rings. The number of methoxy groups -OCH3 is 1. The van der Waals surface area contributed by atoms with Gasteiger partial charge in [-0.2, -0.15) is 0 Å². The number of benzene rings is 1. The summed E-state index contributed by atoms with van der Waals surface area (Å²) in [5.41, 5.74) is 4.60. The minimum atomic E-state index is -1.50. The summed E-state index contributed by atoms with van der Waals surface area (Å²) in [5, 5.41) is 9.71. The summed E-state index contributed by atoms with van der Waals surface area (Å²) in [6.45, 7) is 11.1. The van der Waals surface area contributed by atoms with Crippen LogP contribution in [0.15, 0.2) is 30.3 Å². The van der Waals surface area contributed by atoms with Crippen LogP contribution in [0.5, 0.6) is 0 Å². The fraction of sp³-hybridized carbons (Fsp3) is 0.600. The fourth-order valence-corrected chi connectivity index (χ4v) is 3.44. The number of esters is 1. The second-order valence-corrected chi connectivity index (χ2v) is 12.2. The van der Waals surface area contributed by atoms with Crippen molar-refractivity contribution in [3.8, 4) is 0 Å². The van der Waals surface area contributed by atoms with E-state index < -0.39 is 77.5 Å². The summed E-state index contributed by atoms with van der Waals surface area (Å²) in [6.07, 6.45) is -1.51. The molecule has 1 rings (SSSR count). The Morgan fingerprint density at radius 2 is 1.20 bits per heavy atom. The lowest BCUT2D eigenvalue weighted by Crippen LogP contribution is -2.60. The van der Waals surface area contributed by atoms with E-state index >= 15 is 0 Å². The van der Waals surface area contributed by atoms with Gasteiger partial charge in [0.2, 0.25) is 23.6 Å². The summed E-state index contributed by atoms with van der Waals surface area (Å²) >= 11 is 0. The molecule has 0 bridgehead atoms. The van der Waals surface area contributed by atoms with Gasteiger partial charge in [0, 0.05) is 0 Å². The first-order chi connectivity index (χ1) is 20.8. The van der Waals surface area contributed by atoms with Crippen molar-refractivity contribution in [3.63, 3.8) is 0 Å². The van der Waals surface area contributed by atoms with Crippen LogP contribution in [0, 0.1) is 0 Å². The van der Waals surface area contributed by atoms with Gasteiger partial charge in [0.05, 0.1) is 37.9 Å². The van der Waals surface area contributed by atoms with Crippen molar-refractivity contribution in [2.75, 3.05) is 20.3 Å². The molecule has 0 radical (unpaired) electrons. The van der Waals surface area contributed by atoms with E-state index in [4.69, 9.17) is 19.9 Å². The van der Waals surface area contributed by atoms with Crippen LogP contribution in [-0.4, -0.2) is 91.4 Å². The molecule has 0 aromatic heterocycles. The molecule has 0 aliphatic heterocycles. The Morgan fingerprint density at radius 3 is 1.67 bits per heavy atom. The first kappa shape index (κ1) is 38.8. The molecule has 0 unspecified atom stereocenters. The second-order valence-electron chi connectivity index (χ2n) is 12.2. The maximum atomic E-state index is 13.5. The van der Waals surface area contributed by atoms with E-state index in [2.05, 4.69) is 26.0 Å². The highest BCUT2D eigenvalue weighted by molar-refractivity contribution is 5.96. The predicted molar refractivity (Wildman–Crippen MR) is 162 cm³/mol. The summed E-state index contributed by atoms with van der Waals surface area (Å²) < 4.78 is 21.3. The fourth-order valence-electron chi connectivity index (χ4n) is 3.44. The largest absolute Gasteiger partial charge is 0.467 e. The lowest BCUT2D eigenvalue weighted by Gasteiger charge is -2.29. The Kier molecular flexibility index (Phi) is 15.4. The normalized spacial score (nSPS) is 14.1. The molecule has 6 N–H and O–H groups in total. The number of carbonyl (C=O) groups excluding carboxylic acids is 6. The van der Waals surface area contributed by atoms with Crippen LogP contribution in [0.3, 0.4) is 0 Å². The molecule has 45 heavy (non-hydrogen) atoms. The van der Waals surface area contributed by atoms with Crippen LogP contribution in [0.1, 0.15) is 60.5 Å². The molecule has 0 saturated carbocycles. The van der Waals surface area contributed by atoms with Gasteiger partial charge in [0.1, 0.15) is 30.8 Å². The second kappa shape index (κ2) is 17.9. The van der Waals surface area contributed by atoms with Crippen molar-refractivity contribution in [3.05, 3.63) is 35.9 Å². The molecular formula is C30H47N5O10. The Labute approximate surface area is 263 Å². The van der Waals surface area contributed by atoms with E-state index in [0.29, 0.717) is 0 Å². The van der Waals surface area contributed by atoms with Crippen molar-refractivity contribution in [2.24, 2.45) is 5.73 Å². The van der Waals surface area contributed by atoms with Crippen LogP contribution in [0.2, 0.25) is 0 Å². The summed E-state index contributed by atoms with van der Waals surface area (Å²) in [5.74, 6) is -4.27. The van der Waals surface area contributed by atoms with E-state index in [-0.39, 0.29) is 19.8 Å². The van der Waals surface area contributed by atoms with Gasteiger partial charge in [-0.05, 0) is 54.0 Å². The number of hydrogen-bond donors (Lipinski definition) is 5. The van der Waals surface area contributed by atoms with Gasteiger partial charge >= 0.3 is 12.1 Å². The average molecular weight is 638 g/mol. The zero-order chi connectivity index (χ0) is 34.4. The number of rotatable bonds is 16. The van der Waals surface area contributed by atoms with E-state index in [0.717, 1.165) is 12.7 Å². The minimum Gasteiger partial charge on any atom is -0.467 e. The molecule has 0 heterocycles. The third-order valence-electron chi connectivity index (χ3n) is 5.77. The molecule has 252 valence electrons. The van der Waals surface area contributed by atoms with Crippen LogP contribution in [0.25, 0.3) is 0 Å². The molecule has 5 amide bonds. The van der Waals surface area contributed by atoms with Crippen molar-refractivity contribution >= 4 is 35.7 Å². The number of hydrogen-bond acceptors (Lipinski definition) is 10. The predicted octanol–water partition coefficient (Wildman–Crippen LogP) is 0.434. The van der Waals surface area contributed by atoms with E-state index in [1.54, 1.807) is 65.8 Å². The quantitative estimate of drug-likeness (QED) is 0.158. The summed E-state index contributed by atoms with van der Waals surface area (Å²) in [6, 6.07) is 3.61. The minimum absolute atomic E-state index is 0.0521. The van der Waals surface area contributed by atoms with E-state index in [9.17, 15) is 28.8 Å². The first-order valence-electron chi connectivity index (χ1n) is 14.3. The zero-order valence-electron chi connectivity index (χ0n) is 27.2. The molecule has 15 heteroatoms. The SMILES string of the molecule is COC(=O)[C@H](C)NC(=O)[C@H](CC(N)=O)NC(=O)[C@H](COC(C)(C)C)NC(=O)[C@H](COC(C)(C)C)NC(=O)OCc1ccccc1. The van der Waals surface area contributed by atoms with Crippen LogP contribution >= 0.6 is 0 Å².